The lowest BCUT2D eigenvalue weighted by atomic mass is 9.82. The quantitative estimate of drug-likeness (QED) is 0.824. The molecule has 0 amide bonds. The molecule has 0 bridgehead atoms. The van der Waals surface area contributed by atoms with Gasteiger partial charge in [-0.1, -0.05) is 49.1 Å². The summed E-state index contributed by atoms with van der Waals surface area (Å²) in [7, 11) is 0. The summed E-state index contributed by atoms with van der Waals surface area (Å²) in [4.78, 5) is 0. The van der Waals surface area contributed by atoms with E-state index in [1.165, 1.54) is 43.2 Å². The van der Waals surface area contributed by atoms with E-state index in [1.54, 1.807) is 0 Å². The lowest BCUT2D eigenvalue weighted by Gasteiger charge is -2.27. The first kappa shape index (κ1) is 11.7. The van der Waals surface area contributed by atoms with Crippen LogP contribution in [-0.4, -0.2) is 6.04 Å². The van der Waals surface area contributed by atoms with Crippen molar-refractivity contribution in [3.05, 3.63) is 35.4 Å². The van der Waals surface area contributed by atoms with Crippen LogP contribution in [0, 0.1) is 12.8 Å². The van der Waals surface area contributed by atoms with E-state index < -0.39 is 0 Å². The molecule has 1 heteroatoms. The van der Waals surface area contributed by atoms with Crippen molar-refractivity contribution < 1.29 is 0 Å². The molecular formula is C15H23N. The van der Waals surface area contributed by atoms with Gasteiger partial charge in [0.15, 0.2) is 0 Å². The maximum Gasteiger partial charge on any atom is 0.0108 e. The second-order valence-electron chi connectivity index (χ2n) is 5.26. The summed E-state index contributed by atoms with van der Waals surface area (Å²) in [6.07, 6.45) is 7.90. The molecule has 2 rings (SSSR count). The van der Waals surface area contributed by atoms with Crippen molar-refractivity contribution >= 4 is 0 Å². The van der Waals surface area contributed by atoms with E-state index in [0.717, 1.165) is 12.3 Å². The molecule has 1 aliphatic rings. The first-order chi connectivity index (χ1) is 7.75. The molecule has 1 aromatic carbocycles. The number of rotatable bonds is 3. The molecule has 0 radical (unpaired) electrons. The summed E-state index contributed by atoms with van der Waals surface area (Å²) in [5.41, 5.74) is 9.07. The molecule has 0 aliphatic heterocycles. The molecule has 1 aromatic rings. The van der Waals surface area contributed by atoms with E-state index in [2.05, 4.69) is 31.2 Å². The average molecular weight is 217 g/mol. The van der Waals surface area contributed by atoms with Crippen LogP contribution in [0.25, 0.3) is 0 Å². The molecule has 0 saturated heterocycles. The zero-order valence-electron chi connectivity index (χ0n) is 10.3. The monoisotopic (exact) mass is 217 g/mol. The fourth-order valence-corrected chi connectivity index (χ4v) is 2.84. The maximum absolute atomic E-state index is 6.33. The minimum absolute atomic E-state index is 0.363. The van der Waals surface area contributed by atoms with Crippen molar-refractivity contribution in [2.45, 2.75) is 51.5 Å². The number of nitrogens with two attached hydrogens (primary N) is 1. The summed E-state index contributed by atoms with van der Waals surface area (Å²) in [5, 5.41) is 0. The van der Waals surface area contributed by atoms with E-state index in [-0.39, 0.29) is 0 Å². The molecule has 88 valence electrons. The third-order valence-electron chi connectivity index (χ3n) is 3.81. The Bertz CT molecular complexity index is 326. The van der Waals surface area contributed by atoms with Gasteiger partial charge in [-0.25, -0.2) is 0 Å². The van der Waals surface area contributed by atoms with Crippen LogP contribution in [0.1, 0.15) is 43.2 Å². The molecule has 1 saturated carbocycles. The van der Waals surface area contributed by atoms with E-state index >= 15 is 0 Å². The van der Waals surface area contributed by atoms with Crippen molar-refractivity contribution in [3.63, 3.8) is 0 Å². The van der Waals surface area contributed by atoms with Crippen LogP contribution in [0.4, 0.5) is 0 Å². The third kappa shape index (κ3) is 3.08. The summed E-state index contributed by atoms with van der Waals surface area (Å²) in [5.74, 6) is 0.759. The van der Waals surface area contributed by atoms with Crippen LogP contribution >= 0.6 is 0 Å². The Kier molecular flexibility index (Phi) is 4.00. The smallest absolute Gasteiger partial charge is 0.0108 e. The van der Waals surface area contributed by atoms with Crippen LogP contribution in [0.2, 0.25) is 0 Å². The normalized spacial score (nSPS) is 19.6. The Balaban J connectivity index is 1.93. The molecule has 0 heterocycles. The third-order valence-corrected chi connectivity index (χ3v) is 3.81. The molecule has 1 nitrogen and oxygen atoms in total. The van der Waals surface area contributed by atoms with Gasteiger partial charge in [-0.3, -0.25) is 0 Å². The topological polar surface area (TPSA) is 26.0 Å². The van der Waals surface area contributed by atoms with Gasteiger partial charge in [-0.2, -0.15) is 0 Å². The number of benzene rings is 1. The summed E-state index contributed by atoms with van der Waals surface area (Å²) < 4.78 is 0. The Morgan fingerprint density at radius 2 is 2.00 bits per heavy atom. The van der Waals surface area contributed by atoms with Crippen molar-refractivity contribution in [1.29, 1.82) is 0 Å². The van der Waals surface area contributed by atoms with Gasteiger partial charge in [-0.05, 0) is 37.7 Å². The van der Waals surface area contributed by atoms with E-state index in [0.29, 0.717) is 6.04 Å². The van der Waals surface area contributed by atoms with Gasteiger partial charge < -0.3 is 5.73 Å². The average Bonchev–Trinajstić information content (AvgIpc) is 2.30. The lowest BCUT2D eigenvalue weighted by molar-refractivity contribution is 0.303. The van der Waals surface area contributed by atoms with Crippen molar-refractivity contribution in [3.8, 4) is 0 Å². The van der Waals surface area contributed by atoms with Gasteiger partial charge in [0.2, 0.25) is 0 Å². The van der Waals surface area contributed by atoms with Gasteiger partial charge in [0.25, 0.3) is 0 Å². The summed E-state index contributed by atoms with van der Waals surface area (Å²) in [6, 6.07) is 9.12. The van der Waals surface area contributed by atoms with Crippen molar-refractivity contribution in [2.75, 3.05) is 0 Å². The second-order valence-corrected chi connectivity index (χ2v) is 5.26. The molecule has 1 unspecified atom stereocenters. The minimum Gasteiger partial charge on any atom is -0.327 e. The molecule has 0 aromatic heterocycles. The highest BCUT2D eigenvalue weighted by Gasteiger charge is 2.20. The van der Waals surface area contributed by atoms with Gasteiger partial charge in [0.05, 0.1) is 0 Å². The van der Waals surface area contributed by atoms with Crippen molar-refractivity contribution in [2.24, 2.45) is 11.7 Å². The van der Waals surface area contributed by atoms with Crippen LogP contribution in [0.15, 0.2) is 24.3 Å². The van der Waals surface area contributed by atoms with Gasteiger partial charge in [-0.15, -0.1) is 0 Å². The highest BCUT2D eigenvalue weighted by molar-refractivity contribution is 5.23. The molecule has 16 heavy (non-hydrogen) atoms. The molecular weight excluding hydrogens is 194 g/mol. The van der Waals surface area contributed by atoms with E-state index in [9.17, 15) is 0 Å². The standard InChI is InChI=1S/C15H23N/c1-12-6-5-7-13(10-12)11-15(16)14-8-3-2-4-9-14/h5-7,10,14-15H,2-4,8-9,11,16H2,1H3. The SMILES string of the molecule is Cc1cccc(CC(N)C2CCCCC2)c1. The molecule has 0 spiro atoms. The fraction of sp³-hybridized carbons (Fsp3) is 0.600. The van der Waals surface area contributed by atoms with Crippen molar-refractivity contribution in [1.82, 2.24) is 0 Å². The Morgan fingerprint density at radius 1 is 1.25 bits per heavy atom. The molecule has 1 atom stereocenters. The molecule has 1 aliphatic carbocycles. The number of hydrogen-bond donors (Lipinski definition) is 1. The fourth-order valence-electron chi connectivity index (χ4n) is 2.84. The predicted molar refractivity (Wildman–Crippen MR) is 69.4 cm³/mol. The highest BCUT2D eigenvalue weighted by Crippen LogP contribution is 2.27. The van der Waals surface area contributed by atoms with Crippen LogP contribution in [0.5, 0.6) is 0 Å². The van der Waals surface area contributed by atoms with Gasteiger partial charge in [0, 0.05) is 6.04 Å². The Morgan fingerprint density at radius 3 is 2.69 bits per heavy atom. The van der Waals surface area contributed by atoms with Crippen LogP contribution in [-0.2, 0) is 6.42 Å². The van der Waals surface area contributed by atoms with Gasteiger partial charge in [0.1, 0.15) is 0 Å². The lowest BCUT2D eigenvalue weighted by Crippen LogP contribution is -2.33. The predicted octanol–water partition coefficient (Wildman–Crippen LogP) is 3.45. The summed E-state index contributed by atoms with van der Waals surface area (Å²) in [6.45, 7) is 2.15. The largest absolute Gasteiger partial charge is 0.327 e. The molecule has 2 N–H and O–H groups in total. The first-order valence-corrected chi connectivity index (χ1v) is 6.57. The summed E-state index contributed by atoms with van der Waals surface area (Å²) >= 11 is 0. The zero-order chi connectivity index (χ0) is 11.4. The van der Waals surface area contributed by atoms with Crippen LogP contribution < -0.4 is 5.73 Å². The molecule has 1 fully saturated rings. The first-order valence-electron chi connectivity index (χ1n) is 6.57. The Labute approximate surface area is 99.0 Å². The second kappa shape index (κ2) is 5.49. The number of aryl methyl sites for hydroxylation is 1. The Hall–Kier alpha value is -0.820. The highest BCUT2D eigenvalue weighted by atomic mass is 14.6. The van der Waals surface area contributed by atoms with E-state index in [4.69, 9.17) is 5.73 Å². The van der Waals surface area contributed by atoms with Crippen LogP contribution in [0.3, 0.4) is 0 Å². The number of hydrogen-bond acceptors (Lipinski definition) is 1. The van der Waals surface area contributed by atoms with Gasteiger partial charge >= 0.3 is 0 Å². The maximum atomic E-state index is 6.33. The zero-order valence-corrected chi connectivity index (χ0v) is 10.3. The minimum atomic E-state index is 0.363. The van der Waals surface area contributed by atoms with E-state index in [1.807, 2.05) is 0 Å².